The average molecular weight is 244 g/mol. The van der Waals surface area contributed by atoms with Crippen molar-refractivity contribution in [3.8, 4) is 0 Å². The van der Waals surface area contributed by atoms with Crippen molar-refractivity contribution in [3.05, 3.63) is 0 Å². The molecule has 6 heteroatoms. The van der Waals surface area contributed by atoms with Gasteiger partial charge >= 0.3 is 12.3 Å². The molecular formula is C10H20F4N2. The summed E-state index contributed by atoms with van der Waals surface area (Å²) in [6, 6.07) is 0. The van der Waals surface area contributed by atoms with Crippen LogP contribution in [0.4, 0.5) is 17.6 Å². The highest BCUT2D eigenvalue weighted by Crippen LogP contribution is 2.21. The topological polar surface area (TPSA) is 38.0 Å². The van der Waals surface area contributed by atoms with Gasteiger partial charge in [0.15, 0.2) is 0 Å². The summed E-state index contributed by atoms with van der Waals surface area (Å²) in [5, 5.41) is 2.34. The summed E-state index contributed by atoms with van der Waals surface area (Å²) in [5.41, 5.74) is 5.35. The van der Waals surface area contributed by atoms with Gasteiger partial charge in [-0.2, -0.15) is 8.78 Å². The molecule has 0 saturated carbocycles. The Hall–Kier alpha value is -0.360. The summed E-state index contributed by atoms with van der Waals surface area (Å²) in [5.74, 6) is -3.48. The van der Waals surface area contributed by atoms with Crippen LogP contribution >= 0.6 is 0 Å². The molecule has 16 heavy (non-hydrogen) atoms. The second-order valence-electron chi connectivity index (χ2n) is 4.06. The first-order valence-electron chi connectivity index (χ1n) is 5.47. The van der Waals surface area contributed by atoms with Crippen LogP contribution in [0.25, 0.3) is 0 Å². The molecule has 2 nitrogen and oxygen atoms in total. The molecule has 3 N–H and O–H groups in total. The van der Waals surface area contributed by atoms with Gasteiger partial charge in [0.2, 0.25) is 0 Å². The van der Waals surface area contributed by atoms with E-state index in [0.717, 1.165) is 12.8 Å². The molecule has 1 unspecified atom stereocenters. The largest absolute Gasteiger partial charge is 0.330 e. The lowest BCUT2D eigenvalue weighted by atomic mass is 10.0. The first-order valence-corrected chi connectivity index (χ1v) is 5.47. The molecule has 0 spiro atoms. The molecule has 0 aliphatic heterocycles. The lowest BCUT2D eigenvalue weighted by molar-refractivity contribution is -0.125. The van der Waals surface area contributed by atoms with Crippen LogP contribution in [-0.2, 0) is 0 Å². The van der Waals surface area contributed by atoms with Crippen LogP contribution in [0, 0.1) is 5.92 Å². The monoisotopic (exact) mass is 244 g/mol. The zero-order chi connectivity index (χ0) is 12.6. The van der Waals surface area contributed by atoms with E-state index in [4.69, 9.17) is 5.73 Å². The van der Waals surface area contributed by atoms with Crippen LogP contribution in [0.2, 0.25) is 0 Å². The maximum atomic E-state index is 12.4. The first kappa shape index (κ1) is 15.6. The van der Waals surface area contributed by atoms with Crippen LogP contribution in [0.3, 0.4) is 0 Å². The third kappa shape index (κ3) is 7.00. The van der Waals surface area contributed by atoms with E-state index in [1.54, 1.807) is 0 Å². The SMILES string of the molecule is CC(CCN)CCCNCC(F)(F)C(F)F. The van der Waals surface area contributed by atoms with Crippen LogP contribution < -0.4 is 11.1 Å². The van der Waals surface area contributed by atoms with Gasteiger partial charge in [0, 0.05) is 0 Å². The Labute approximate surface area is 93.6 Å². The lowest BCUT2D eigenvalue weighted by Crippen LogP contribution is -2.39. The minimum atomic E-state index is -3.93. The second-order valence-corrected chi connectivity index (χ2v) is 4.06. The number of nitrogens with one attached hydrogen (secondary N) is 1. The Kier molecular flexibility index (Phi) is 7.66. The van der Waals surface area contributed by atoms with Gasteiger partial charge in [0.25, 0.3) is 0 Å². The van der Waals surface area contributed by atoms with E-state index in [-0.39, 0.29) is 0 Å². The normalized spacial score (nSPS) is 14.4. The number of halogens is 4. The number of rotatable bonds is 9. The van der Waals surface area contributed by atoms with Gasteiger partial charge in [-0.05, 0) is 38.3 Å². The van der Waals surface area contributed by atoms with Crippen LogP contribution in [0.5, 0.6) is 0 Å². The van der Waals surface area contributed by atoms with Gasteiger partial charge in [0.1, 0.15) is 0 Å². The van der Waals surface area contributed by atoms with E-state index in [9.17, 15) is 17.6 Å². The Bertz CT molecular complexity index is 176. The number of hydrogen-bond donors (Lipinski definition) is 2. The fraction of sp³-hybridized carbons (Fsp3) is 1.00. The molecule has 0 heterocycles. The van der Waals surface area contributed by atoms with Gasteiger partial charge in [-0.1, -0.05) is 6.92 Å². The maximum Gasteiger partial charge on any atom is 0.319 e. The maximum absolute atomic E-state index is 12.4. The quantitative estimate of drug-likeness (QED) is 0.482. The van der Waals surface area contributed by atoms with Crippen molar-refractivity contribution < 1.29 is 17.6 Å². The van der Waals surface area contributed by atoms with E-state index >= 15 is 0 Å². The van der Waals surface area contributed by atoms with Crippen molar-refractivity contribution in [1.29, 1.82) is 0 Å². The zero-order valence-corrected chi connectivity index (χ0v) is 9.49. The van der Waals surface area contributed by atoms with Gasteiger partial charge < -0.3 is 11.1 Å². The molecule has 0 aliphatic rings. The highest BCUT2D eigenvalue weighted by atomic mass is 19.3. The summed E-state index contributed by atoms with van der Waals surface area (Å²) in [4.78, 5) is 0. The molecule has 0 bridgehead atoms. The molecular weight excluding hydrogens is 224 g/mol. The Morgan fingerprint density at radius 1 is 1.25 bits per heavy atom. The Balaban J connectivity index is 3.47. The Morgan fingerprint density at radius 2 is 1.88 bits per heavy atom. The predicted molar refractivity (Wildman–Crippen MR) is 55.9 cm³/mol. The summed E-state index contributed by atoms with van der Waals surface area (Å²) >= 11 is 0. The van der Waals surface area contributed by atoms with Crippen molar-refractivity contribution in [2.75, 3.05) is 19.6 Å². The Morgan fingerprint density at radius 3 is 2.38 bits per heavy atom. The van der Waals surface area contributed by atoms with Crippen molar-refractivity contribution in [3.63, 3.8) is 0 Å². The van der Waals surface area contributed by atoms with Crippen molar-refractivity contribution >= 4 is 0 Å². The molecule has 0 aromatic carbocycles. The summed E-state index contributed by atoms with van der Waals surface area (Å²) in [6.45, 7) is 2.01. The highest BCUT2D eigenvalue weighted by Gasteiger charge is 2.39. The molecule has 0 amide bonds. The molecule has 0 aromatic heterocycles. The molecule has 0 rings (SSSR count). The first-order chi connectivity index (χ1) is 7.40. The van der Waals surface area contributed by atoms with Gasteiger partial charge in [-0.3, -0.25) is 0 Å². The number of alkyl halides is 4. The van der Waals surface area contributed by atoms with Gasteiger partial charge in [-0.25, -0.2) is 8.78 Å². The number of nitrogens with two attached hydrogens (primary N) is 1. The van der Waals surface area contributed by atoms with E-state index in [1.807, 2.05) is 6.92 Å². The summed E-state index contributed by atoms with van der Waals surface area (Å²) in [6.07, 6.45) is -1.14. The summed E-state index contributed by atoms with van der Waals surface area (Å²) in [7, 11) is 0. The van der Waals surface area contributed by atoms with Gasteiger partial charge in [0.05, 0.1) is 6.54 Å². The average Bonchev–Trinajstić information content (AvgIpc) is 2.17. The highest BCUT2D eigenvalue weighted by molar-refractivity contribution is 4.72. The zero-order valence-electron chi connectivity index (χ0n) is 9.49. The smallest absolute Gasteiger partial charge is 0.319 e. The molecule has 1 atom stereocenters. The summed E-state index contributed by atoms with van der Waals surface area (Å²) < 4.78 is 48.3. The third-order valence-electron chi connectivity index (χ3n) is 2.39. The lowest BCUT2D eigenvalue weighted by Gasteiger charge is -2.16. The van der Waals surface area contributed by atoms with E-state index in [0.29, 0.717) is 25.4 Å². The third-order valence-corrected chi connectivity index (χ3v) is 2.39. The van der Waals surface area contributed by atoms with Crippen molar-refractivity contribution in [1.82, 2.24) is 5.32 Å². The van der Waals surface area contributed by atoms with Crippen molar-refractivity contribution in [2.24, 2.45) is 11.7 Å². The molecule has 98 valence electrons. The standard InChI is InChI=1S/C10H20F4N2/c1-8(4-5-15)3-2-6-16-7-10(13,14)9(11)12/h8-9,16H,2-7,15H2,1H3. The van der Waals surface area contributed by atoms with E-state index in [2.05, 4.69) is 5.32 Å². The van der Waals surface area contributed by atoms with E-state index < -0.39 is 18.9 Å². The van der Waals surface area contributed by atoms with E-state index in [1.165, 1.54) is 0 Å². The van der Waals surface area contributed by atoms with Crippen LogP contribution in [-0.4, -0.2) is 32.0 Å². The molecule has 0 saturated heterocycles. The number of hydrogen-bond acceptors (Lipinski definition) is 2. The second kappa shape index (κ2) is 7.84. The fourth-order valence-electron chi connectivity index (χ4n) is 1.34. The predicted octanol–water partition coefficient (Wildman–Crippen LogP) is 2.24. The molecule has 0 radical (unpaired) electrons. The minimum absolute atomic E-state index is 0.331. The molecule has 0 aliphatic carbocycles. The minimum Gasteiger partial charge on any atom is -0.330 e. The van der Waals surface area contributed by atoms with Crippen molar-refractivity contribution in [2.45, 2.75) is 38.5 Å². The fourth-order valence-corrected chi connectivity index (χ4v) is 1.34. The molecule has 0 aromatic rings. The molecule has 0 fully saturated rings. The van der Waals surface area contributed by atoms with Gasteiger partial charge in [-0.15, -0.1) is 0 Å². The van der Waals surface area contributed by atoms with Crippen LogP contribution in [0.1, 0.15) is 26.2 Å². The van der Waals surface area contributed by atoms with Crippen LogP contribution in [0.15, 0.2) is 0 Å².